The van der Waals surface area contributed by atoms with Crippen LogP contribution in [0.25, 0.3) is 44.5 Å². The summed E-state index contributed by atoms with van der Waals surface area (Å²) >= 11 is 0. The van der Waals surface area contributed by atoms with Gasteiger partial charge in [0.25, 0.3) is 0 Å². The zero-order valence-corrected chi connectivity index (χ0v) is 27.7. The summed E-state index contributed by atoms with van der Waals surface area (Å²) in [6, 6.07) is 32.5. The first kappa shape index (κ1) is 34.8. The Morgan fingerprint density at radius 1 is 0.333 bits per heavy atom. The van der Waals surface area contributed by atoms with Gasteiger partial charge in [-0.15, -0.1) is 0 Å². The zero-order chi connectivity index (χ0) is 34.8. The van der Waals surface area contributed by atoms with E-state index in [1.165, 1.54) is 28.4 Å². The van der Waals surface area contributed by atoms with E-state index in [0.29, 0.717) is 22.3 Å². The largest absolute Gasteiger partial charge is 0.465 e. The Hall–Kier alpha value is -6.02. The molecule has 0 heterocycles. The molecule has 5 rings (SSSR count). The van der Waals surface area contributed by atoms with Gasteiger partial charge in [0.2, 0.25) is 0 Å². The third-order valence-corrected chi connectivity index (χ3v) is 7.63. The average molecular weight is 645 g/mol. The maximum absolute atomic E-state index is 12.2. The molecule has 48 heavy (non-hydrogen) atoms. The minimum atomic E-state index is -0.442. The van der Waals surface area contributed by atoms with Crippen molar-refractivity contribution >= 4 is 23.9 Å². The quantitative estimate of drug-likeness (QED) is 0.122. The van der Waals surface area contributed by atoms with Crippen molar-refractivity contribution in [2.24, 2.45) is 0 Å². The van der Waals surface area contributed by atoms with Crippen LogP contribution in [0, 0.1) is 0 Å². The molecule has 0 aliphatic carbocycles. The monoisotopic (exact) mass is 644 g/mol. The third-order valence-electron chi connectivity index (χ3n) is 7.63. The molecule has 0 fully saturated rings. The van der Waals surface area contributed by atoms with E-state index < -0.39 is 23.9 Å². The second-order valence-electron chi connectivity index (χ2n) is 10.2. The van der Waals surface area contributed by atoms with Gasteiger partial charge in [-0.25, -0.2) is 19.2 Å². The summed E-state index contributed by atoms with van der Waals surface area (Å²) in [5.74, 6) is -1.77. The van der Waals surface area contributed by atoms with E-state index >= 15 is 0 Å². The molecule has 0 saturated carbocycles. The standard InChI is InChI=1S/C38H30O8.C2H6/c1-43-35(39)27-13-5-23(6-14-27)31-21-33(25-9-17-29(18-10-25)37(41)45-3)34(26-11-19-30(20-12-26)38(42)46-4)22-32(31)24-7-15-28(16-8-24)36(40)44-2;1-2/h5-22H,1-4H3;1-2H3. The number of esters is 4. The Morgan fingerprint density at radius 3 is 0.646 bits per heavy atom. The molecule has 0 radical (unpaired) electrons. The maximum atomic E-state index is 12.2. The number of carbonyl (C=O) groups excluding carboxylic acids is 4. The number of rotatable bonds is 8. The molecule has 0 spiro atoms. The summed E-state index contributed by atoms with van der Waals surface area (Å²) in [7, 11) is 5.34. The van der Waals surface area contributed by atoms with Crippen molar-refractivity contribution in [1.82, 2.24) is 0 Å². The molecule has 0 amide bonds. The molecular formula is C40H36O8. The predicted octanol–water partition coefficient (Wildman–Crippen LogP) is 8.53. The fraction of sp³-hybridized carbons (Fsp3) is 0.150. The van der Waals surface area contributed by atoms with Gasteiger partial charge in [-0.3, -0.25) is 0 Å². The van der Waals surface area contributed by atoms with Gasteiger partial charge in [-0.2, -0.15) is 0 Å². The summed E-state index contributed by atoms with van der Waals surface area (Å²) in [4.78, 5) is 48.7. The first-order valence-corrected chi connectivity index (χ1v) is 15.2. The molecule has 0 unspecified atom stereocenters. The van der Waals surface area contributed by atoms with E-state index in [0.717, 1.165) is 44.5 Å². The molecule has 0 aliphatic rings. The normalized spacial score (nSPS) is 10.2. The molecule has 0 bridgehead atoms. The summed E-state index contributed by atoms with van der Waals surface area (Å²) in [5.41, 5.74) is 8.39. The second kappa shape index (κ2) is 16.0. The summed E-state index contributed by atoms with van der Waals surface area (Å²) in [5, 5.41) is 0. The lowest BCUT2D eigenvalue weighted by atomic mass is 9.85. The molecule has 8 nitrogen and oxygen atoms in total. The predicted molar refractivity (Wildman–Crippen MR) is 185 cm³/mol. The van der Waals surface area contributed by atoms with Crippen molar-refractivity contribution in [3.63, 3.8) is 0 Å². The first-order valence-electron chi connectivity index (χ1n) is 15.2. The molecule has 8 heteroatoms. The highest BCUT2D eigenvalue weighted by Crippen LogP contribution is 2.42. The molecule has 0 aliphatic heterocycles. The molecule has 0 atom stereocenters. The topological polar surface area (TPSA) is 105 Å². The second-order valence-corrected chi connectivity index (χ2v) is 10.2. The number of hydrogen-bond acceptors (Lipinski definition) is 8. The zero-order valence-electron chi connectivity index (χ0n) is 27.7. The lowest BCUT2D eigenvalue weighted by molar-refractivity contribution is 0.0592. The lowest BCUT2D eigenvalue weighted by Gasteiger charge is -2.19. The minimum Gasteiger partial charge on any atom is -0.465 e. The van der Waals surface area contributed by atoms with Crippen LogP contribution in [0.5, 0.6) is 0 Å². The van der Waals surface area contributed by atoms with Gasteiger partial charge in [0, 0.05) is 0 Å². The van der Waals surface area contributed by atoms with E-state index in [1.807, 2.05) is 74.5 Å². The molecule has 0 aromatic heterocycles. The number of methoxy groups -OCH3 is 4. The molecule has 244 valence electrons. The molecule has 0 saturated heterocycles. The minimum absolute atomic E-state index is 0.413. The van der Waals surface area contributed by atoms with Gasteiger partial charge in [-0.1, -0.05) is 62.4 Å². The van der Waals surface area contributed by atoms with Crippen LogP contribution in [0.4, 0.5) is 0 Å². The van der Waals surface area contributed by atoms with Crippen molar-refractivity contribution in [2.75, 3.05) is 28.4 Å². The summed E-state index contributed by atoms with van der Waals surface area (Å²) < 4.78 is 19.5. The van der Waals surface area contributed by atoms with E-state index in [1.54, 1.807) is 48.5 Å². The van der Waals surface area contributed by atoms with Crippen molar-refractivity contribution in [2.45, 2.75) is 13.8 Å². The fourth-order valence-electron chi connectivity index (χ4n) is 5.17. The third kappa shape index (κ3) is 7.50. The molecule has 5 aromatic rings. The Kier molecular flexibility index (Phi) is 11.6. The Balaban J connectivity index is 0.00000255. The van der Waals surface area contributed by atoms with E-state index in [9.17, 15) is 19.2 Å². The maximum Gasteiger partial charge on any atom is 0.337 e. The Morgan fingerprint density at radius 2 is 0.500 bits per heavy atom. The van der Waals surface area contributed by atoms with Crippen molar-refractivity contribution in [1.29, 1.82) is 0 Å². The van der Waals surface area contributed by atoms with Crippen molar-refractivity contribution < 1.29 is 38.1 Å². The highest BCUT2D eigenvalue weighted by molar-refractivity contribution is 5.98. The SMILES string of the molecule is CC.COC(=O)c1ccc(-c2cc(-c3ccc(C(=O)OC)cc3)c(-c3ccc(C(=O)OC)cc3)cc2-c2ccc(C(=O)OC)cc2)cc1. The average Bonchev–Trinajstić information content (AvgIpc) is 3.17. The van der Waals surface area contributed by atoms with Crippen molar-refractivity contribution in [3.05, 3.63) is 131 Å². The number of benzene rings is 5. The number of hydrogen-bond donors (Lipinski definition) is 0. The van der Waals surface area contributed by atoms with Crippen LogP contribution in [0.3, 0.4) is 0 Å². The number of ether oxygens (including phenoxy) is 4. The van der Waals surface area contributed by atoms with Gasteiger partial charge >= 0.3 is 23.9 Å². The van der Waals surface area contributed by atoms with Crippen LogP contribution in [-0.2, 0) is 18.9 Å². The summed E-state index contributed by atoms with van der Waals surface area (Å²) in [6.07, 6.45) is 0. The lowest BCUT2D eigenvalue weighted by Crippen LogP contribution is -2.02. The van der Waals surface area contributed by atoms with Gasteiger partial charge in [0.05, 0.1) is 50.7 Å². The molecule has 0 N–H and O–H groups in total. The van der Waals surface area contributed by atoms with Crippen LogP contribution < -0.4 is 0 Å². The van der Waals surface area contributed by atoms with Gasteiger partial charge < -0.3 is 18.9 Å². The van der Waals surface area contributed by atoms with Crippen molar-refractivity contribution in [3.8, 4) is 44.5 Å². The van der Waals surface area contributed by atoms with Gasteiger partial charge in [-0.05, 0) is 105 Å². The van der Waals surface area contributed by atoms with E-state index in [4.69, 9.17) is 18.9 Å². The van der Waals surface area contributed by atoms with Crippen LogP contribution in [0.1, 0.15) is 55.3 Å². The highest BCUT2D eigenvalue weighted by Gasteiger charge is 2.18. The Labute approximate surface area is 279 Å². The van der Waals surface area contributed by atoms with E-state index in [2.05, 4.69) is 0 Å². The number of carbonyl (C=O) groups is 4. The molecular weight excluding hydrogens is 608 g/mol. The van der Waals surface area contributed by atoms with Crippen LogP contribution in [-0.4, -0.2) is 52.3 Å². The van der Waals surface area contributed by atoms with Gasteiger partial charge in [0.1, 0.15) is 0 Å². The first-order chi connectivity index (χ1) is 23.3. The van der Waals surface area contributed by atoms with Gasteiger partial charge in [0.15, 0.2) is 0 Å². The highest BCUT2D eigenvalue weighted by atomic mass is 16.5. The smallest absolute Gasteiger partial charge is 0.337 e. The fourth-order valence-corrected chi connectivity index (χ4v) is 5.17. The molecule has 5 aromatic carbocycles. The Bertz CT molecular complexity index is 1630. The summed E-state index contributed by atoms with van der Waals surface area (Å²) in [6.45, 7) is 4.00. The van der Waals surface area contributed by atoms with Crippen LogP contribution in [0.15, 0.2) is 109 Å². The van der Waals surface area contributed by atoms with Crippen LogP contribution >= 0.6 is 0 Å². The van der Waals surface area contributed by atoms with E-state index in [-0.39, 0.29) is 0 Å². The van der Waals surface area contributed by atoms with Crippen LogP contribution in [0.2, 0.25) is 0 Å².